The van der Waals surface area contributed by atoms with Gasteiger partial charge in [-0.3, -0.25) is 4.79 Å². The van der Waals surface area contributed by atoms with Crippen LogP contribution in [-0.2, 0) is 11.2 Å². The van der Waals surface area contributed by atoms with Crippen molar-refractivity contribution in [3.05, 3.63) is 29.8 Å². The Morgan fingerprint density at radius 1 is 1.33 bits per heavy atom. The molecule has 1 aromatic rings. The molecule has 118 valence electrons. The first-order chi connectivity index (χ1) is 9.88. The molecule has 0 radical (unpaired) electrons. The highest BCUT2D eigenvalue weighted by Gasteiger charge is 2.24. The number of nitrogens with two attached hydrogens (primary N) is 1. The van der Waals surface area contributed by atoms with E-state index in [1.54, 1.807) is 11.8 Å². The molecule has 4 heteroatoms. The van der Waals surface area contributed by atoms with Gasteiger partial charge in [-0.2, -0.15) is 11.8 Å². The molecule has 3 nitrogen and oxygen atoms in total. The van der Waals surface area contributed by atoms with E-state index in [0.29, 0.717) is 6.42 Å². The third-order valence-corrected chi connectivity index (χ3v) is 4.91. The van der Waals surface area contributed by atoms with Crippen LogP contribution in [0.25, 0.3) is 0 Å². The first kappa shape index (κ1) is 18.1. The number of carbonyl (C=O) groups is 1. The fourth-order valence-electron chi connectivity index (χ4n) is 2.08. The Balaban J connectivity index is 2.54. The summed E-state index contributed by atoms with van der Waals surface area (Å²) in [6.07, 6.45) is 6.18. The molecule has 0 heterocycles. The summed E-state index contributed by atoms with van der Waals surface area (Å²) in [5.41, 5.74) is 8.12. The van der Waals surface area contributed by atoms with Crippen molar-refractivity contribution in [2.45, 2.75) is 57.2 Å². The fraction of sp³-hybridized carbons (Fsp3) is 0.588. The number of hydrogen-bond acceptors (Lipinski definition) is 3. The number of rotatable bonds is 8. The molecular formula is C17H28N2OS. The van der Waals surface area contributed by atoms with Gasteiger partial charge in [0.05, 0.1) is 6.04 Å². The molecule has 0 aliphatic heterocycles. The van der Waals surface area contributed by atoms with E-state index in [0.717, 1.165) is 12.1 Å². The van der Waals surface area contributed by atoms with E-state index in [2.05, 4.69) is 38.2 Å². The number of amides is 1. The van der Waals surface area contributed by atoms with Crippen LogP contribution in [-0.4, -0.2) is 23.0 Å². The molecule has 0 saturated heterocycles. The van der Waals surface area contributed by atoms with Crippen molar-refractivity contribution >= 4 is 23.4 Å². The Morgan fingerprint density at radius 3 is 2.48 bits per heavy atom. The number of hydrogen-bond donors (Lipinski definition) is 2. The van der Waals surface area contributed by atoms with Gasteiger partial charge in [0.1, 0.15) is 0 Å². The van der Waals surface area contributed by atoms with Crippen LogP contribution < -0.4 is 11.1 Å². The smallest absolute Gasteiger partial charge is 0.241 e. The molecule has 0 bridgehead atoms. The lowest BCUT2D eigenvalue weighted by Crippen LogP contribution is -2.40. The van der Waals surface area contributed by atoms with E-state index in [1.165, 1.54) is 18.4 Å². The van der Waals surface area contributed by atoms with Gasteiger partial charge in [0.2, 0.25) is 5.91 Å². The van der Waals surface area contributed by atoms with Crippen LogP contribution in [0.5, 0.6) is 0 Å². The number of nitrogens with one attached hydrogen (secondary N) is 1. The monoisotopic (exact) mass is 308 g/mol. The minimum absolute atomic E-state index is 0.0146. The summed E-state index contributed by atoms with van der Waals surface area (Å²) in [6, 6.07) is 7.57. The van der Waals surface area contributed by atoms with Crippen LogP contribution in [0.3, 0.4) is 0 Å². The Morgan fingerprint density at radius 2 is 1.95 bits per heavy atom. The van der Waals surface area contributed by atoms with Crippen LogP contribution in [0, 0.1) is 0 Å². The maximum atomic E-state index is 12.1. The molecule has 21 heavy (non-hydrogen) atoms. The molecule has 0 spiro atoms. The van der Waals surface area contributed by atoms with Gasteiger partial charge in [0, 0.05) is 10.4 Å². The maximum absolute atomic E-state index is 12.1. The zero-order valence-electron chi connectivity index (χ0n) is 13.6. The van der Waals surface area contributed by atoms with Crippen molar-refractivity contribution in [1.29, 1.82) is 0 Å². The average Bonchev–Trinajstić information content (AvgIpc) is 2.46. The lowest BCUT2D eigenvalue weighted by atomic mass is 10.0. The number of anilines is 1. The molecule has 1 rings (SSSR count). The fourth-order valence-corrected chi connectivity index (χ4v) is 2.42. The van der Waals surface area contributed by atoms with Gasteiger partial charge in [0.15, 0.2) is 0 Å². The summed E-state index contributed by atoms with van der Waals surface area (Å²) in [4.78, 5) is 12.1. The predicted octanol–water partition coefficient (Wildman–Crippen LogP) is 3.83. The summed E-state index contributed by atoms with van der Waals surface area (Å²) in [7, 11) is 0. The summed E-state index contributed by atoms with van der Waals surface area (Å²) in [5.74, 6) is -0.113. The first-order valence-corrected chi connectivity index (χ1v) is 8.81. The zero-order chi connectivity index (χ0) is 15.9. The van der Waals surface area contributed by atoms with Crippen molar-refractivity contribution in [3.8, 4) is 0 Å². The molecule has 0 saturated carbocycles. The summed E-state index contributed by atoms with van der Waals surface area (Å²) < 4.78 is 0.0146. The Kier molecular flexibility index (Phi) is 7.26. The number of carbonyl (C=O) groups excluding carboxylic acids is 1. The summed E-state index contributed by atoms with van der Waals surface area (Å²) >= 11 is 1.73. The van der Waals surface area contributed by atoms with Crippen molar-refractivity contribution in [3.63, 3.8) is 0 Å². The van der Waals surface area contributed by atoms with E-state index in [-0.39, 0.29) is 10.7 Å². The normalized spacial score (nSPS) is 13.0. The standard InChI is InChI=1S/C17H28N2OS/c1-5-6-7-13-8-10-14(11-9-13)19-16(20)15(18)12-17(2,3)21-4/h8-11,15H,5-7,12,18H2,1-4H3,(H,19,20)/t15-/m0/s1. The van der Waals surface area contributed by atoms with Gasteiger partial charge in [0.25, 0.3) is 0 Å². The van der Waals surface area contributed by atoms with Gasteiger partial charge in [-0.25, -0.2) is 0 Å². The number of benzene rings is 1. The van der Waals surface area contributed by atoms with E-state index in [9.17, 15) is 4.79 Å². The van der Waals surface area contributed by atoms with E-state index in [4.69, 9.17) is 5.73 Å². The Hall–Kier alpha value is -1.00. The van der Waals surface area contributed by atoms with Gasteiger partial charge in [-0.05, 0) is 43.2 Å². The lowest BCUT2D eigenvalue weighted by molar-refractivity contribution is -0.117. The molecule has 0 aliphatic carbocycles. The Labute approximate surface area is 133 Å². The average molecular weight is 308 g/mol. The van der Waals surface area contributed by atoms with Crippen molar-refractivity contribution < 1.29 is 4.79 Å². The van der Waals surface area contributed by atoms with Crippen LogP contribution in [0.4, 0.5) is 5.69 Å². The maximum Gasteiger partial charge on any atom is 0.241 e. The third-order valence-electron chi connectivity index (χ3n) is 3.64. The van der Waals surface area contributed by atoms with E-state index >= 15 is 0 Å². The van der Waals surface area contributed by atoms with Crippen molar-refractivity contribution in [1.82, 2.24) is 0 Å². The highest BCUT2D eigenvalue weighted by atomic mass is 32.2. The molecule has 0 fully saturated rings. The second kappa shape index (κ2) is 8.44. The number of thioether (sulfide) groups is 1. The van der Waals surface area contributed by atoms with Crippen LogP contribution in [0.15, 0.2) is 24.3 Å². The minimum atomic E-state index is -0.479. The zero-order valence-corrected chi connectivity index (χ0v) is 14.4. The highest BCUT2D eigenvalue weighted by Crippen LogP contribution is 2.26. The van der Waals surface area contributed by atoms with Crippen molar-refractivity contribution in [2.75, 3.05) is 11.6 Å². The second-order valence-electron chi connectivity index (χ2n) is 6.06. The Bertz CT molecular complexity index is 443. The first-order valence-electron chi connectivity index (χ1n) is 7.58. The molecule has 1 amide bonds. The molecule has 1 atom stereocenters. The number of aryl methyl sites for hydroxylation is 1. The van der Waals surface area contributed by atoms with Crippen LogP contribution in [0.2, 0.25) is 0 Å². The van der Waals surface area contributed by atoms with Gasteiger partial charge in [-0.15, -0.1) is 0 Å². The molecule has 0 unspecified atom stereocenters. The van der Waals surface area contributed by atoms with Gasteiger partial charge in [-0.1, -0.05) is 39.3 Å². The van der Waals surface area contributed by atoms with Crippen LogP contribution >= 0.6 is 11.8 Å². The molecule has 3 N–H and O–H groups in total. The third kappa shape index (κ3) is 6.53. The largest absolute Gasteiger partial charge is 0.325 e. The van der Waals surface area contributed by atoms with Crippen molar-refractivity contribution in [2.24, 2.45) is 5.73 Å². The molecule has 1 aromatic carbocycles. The quantitative estimate of drug-likeness (QED) is 0.767. The van der Waals surface area contributed by atoms with Crippen LogP contribution in [0.1, 0.15) is 45.6 Å². The lowest BCUT2D eigenvalue weighted by Gasteiger charge is -2.25. The summed E-state index contributed by atoms with van der Waals surface area (Å²) in [5, 5.41) is 2.90. The van der Waals surface area contributed by atoms with Gasteiger partial charge < -0.3 is 11.1 Å². The van der Waals surface area contributed by atoms with E-state index in [1.807, 2.05) is 18.4 Å². The predicted molar refractivity (Wildman–Crippen MR) is 93.9 cm³/mol. The SMILES string of the molecule is CCCCc1ccc(NC(=O)[C@@H](N)CC(C)(C)SC)cc1. The topological polar surface area (TPSA) is 55.1 Å². The molecule has 0 aliphatic rings. The minimum Gasteiger partial charge on any atom is -0.325 e. The highest BCUT2D eigenvalue weighted by molar-refractivity contribution is 7.99. The number of unbranched alkanes of at least 4 members (excludes halogenated alkanes) is 1. The van der Waals surface area contributed by atoms with E-state index < -0.39 is 6.04 Å². The second-order valence-corrected chi connectivity index (χ2v) is 7.58. The van der Waals surface area contributed by atoms with Gasteiger partial charge >= 0.3 is 0 Å². The summed E-state index contributed by atoms with van der Waals surface area (Å²) in [6.45, 7) is 6.40. The molecule has 0 aromatic heterocycles. The molecular weight excluding hydrogens is 280 g/mol.